The van der Waals surface area contributed by atoms with Crippen LogP contribution < -0.4 is 5.32 Å². The van der Waals surface area contributed by atoms with Gasteiger partial charge in [0, 0.05) is 18.8 Å². The van der Waals surface area contributed by atoms with Crippen LogP contribution >= 0.6 is 0 Å². The summed E-state index contributed by atoms with van der Waals surface area (Å²) in [5.74, 6) is 0. The fourth-order valence-corrected chi connectivity index (χ4v) is 3.58. The molecule has 3 heteroatoms. The van der Waals surface area contributed by atoms with Gasteiger partial charge in [-0.15, -0.1) is 0 Å². The zero-order chi connectivity index (χ0) is 12.9. The van der Waals surface area contributed by atoms with Crippen molar-refractivity contribution >= 4 is 0 Å². The largest absolute Gasteiger partial charge is 0.308 e. The van der Waals surface area contributed by atoms with Crippen LogP contribution in [0.2, 0.25) is 0 Å². The van der Waals surface area contributed by atoms with Crippen LogP contribution in [0.4, 0.5) is 0 Å². The van der Waals surface area contributed by atoms with Crippen LogP contribution in [-0.2, 0) is 6.54 Å². The molecule has 0 bridgehead atoms. The Kier molecular flexibility index (Phi) is 4.54. The molecule has 0 saturated heterocycles. The van der Waals surface area contributed by atoms with Crippen molar-refractivity contribution in [3.05, 3.63) is 18.0 Å². The molecule has 0 atom stereocenters. The molecular formula is C16H27N3. The van der Waals surface area contributed by atoms with Crippen LogP contribution in [0.15, 0.2) is 12.3 Å². The molecule has 0 spiro atoms. The van der Waals surface area contributed by atoms with Crippen LogP contribution in [-0.4, -0.2) is 15.8 Å². The molecule has 1 N–H and O–H groups in total. The van der Waals surface area contributed by atoms with Crippen molar-refractivity contribution in [1.82, 2.24) is 15.1 Å². The van der Waals surface area contributed by atoms with Gasteiger partial charge in [0.25, 0.3) is 0 Å². The highest BCUT2D eigenvalue weighted by Gasteiger charge is 2.17. The van der Waals surface area contributed by atoms with E-state index in [2.05, 4.69) is 22.3 Å². The molecule has 3 nitrogen and oxygen atoms in total. The van der Waals surface area contributed by atoms with E-state index in [9.17, 15) is 0 Å². The third-order valence-corrected chi connectivity index (χ3v) is 4.79. The summed E-state index contributed by atoms with van der Waals surface area (Å²) < 4.78 is 2.22. The van der Waals surface area contributed by atoms with Gasteiger partial charge >= 0.3 is 0 Å². The maximum Gasteiger partial charge on any atom is 0.0762 e. The summed E-state index contributed by atoms with van der Waals surface area (Å²) >= 11 is 0. The summed E-state index contributed by atoms with van der Waals surface area (Å²) in [5.41, 5.74) is 1.22. The summed E-state index contributed by atoms with van der Waals surface area (Å²) in [6.07, 6.45) is 15.9. The predicted octanol–water partition coefficient (Wildman–Crippen LogP) is 3.81. The first kappa shape index (κ1) is 13.2. The predicted molar refractivity (Wildman–Crippen MR) is 78.1 cm³/mol. The van der Waals surface area contributed by atoms with Crippen molar-refractivity contribution in [1.29, 1.82) is 0 Å². The standard InChI is InChI=1S/C16H27N3/c1-3-7-14(8-4-1)17-13-15-11-12-19(18-15)16-9-5-2-6-10-16/h11-12,14,16-17H,1-10,13H2. The lowest BCUT2D eigenvalue weighted by Gasteiger charge is -2.23. The van der Waals surface area contributed by atoms with Gasteiger partial charge in [-0.2, -0.15) is 5.10 Å². The number of hydrogen-bond donors (Lipinski definition) is 1. The second-order valence-corrected chi connectivity index (χ2v) is 6.29. The highest BCUT2D eigenvalue weighted by atomic mass is 15.3. The lowest BCUT2D eigenvalue weighted by Crippen LogP contribution is -2.30. The topological polar surface area (TPSA) is 29.9 Å². The Bertz CT molecular complexity index is 373. The zero-order valence-electron chi connectivity index (χ0n) is 12.0. The molecule has 2 aliphatic rings. The number of aromatic nitrogens is 2. The summed E-state index contributed by atoms with van der Waals surface area (Å²) in [6.45, 7) is 0.949. The van der Waals surface area contributed by atoms with Gasteiger partial charge in [-0.1, -0.05) is 38.5 Å². The Morgan fingerprint density at radius 3 is 2.42 bits per heavy atom. The molecule has 1 heterocycles. The number of nitrogens with one attached hydrogen (secondary N) is 1. The van der Waals surface area contributed by atoms with Gasteiger partial charge in [0.1, 0.15) is 0 Å². The minimum Gasteiger partial charge on any atom is -0.308 e. The highest BCUT2D eigenvalue weighted by Crippen LogP contribution is 2.27. The van der Waals surface area contributed by atoms with Crippen molar-refractivity contribution in [3.63, 3.8) is 0 Å². The van der Waals surface area contributed by atoms with E-state index in [1.807, 2.05) is 0 Å². The number of hydrogen-bond acceptors (Lipinski definition) is 2. The van der Waals surface area contributed by atoms with Gasteiger partial charge in [0.05, 0.1) is 11.7 Å². The summed E-state index contributed by atoms with van der Waals surface area (Å²) in [4.78, 5) is 0. The maximum atomic E-state index is 4.77. The SMILES string of the molecule is c1cn(C2CCCCC2)nc1CNC1CCCCC1. The minimum atomic E-state index is 0.664. The van der Waals surface area contributed by atoms with Crippen molar-refractivity contribution in [3.8, 4) is 0 Å². The average Bonchev–Trinajstić information content (AvgIpc) is 2.96. The van der Waals surface area contributed by atoms with Crippen LogP contribution in [0, 0.1) is 0 Å². The molecule has 1 aromatic heterocycles. The molecule has 2 aliphatic carbocycles. The molecule has 0 aromatic carbocycles. The van der Waals surface area contributed by atoms with E-state index in [-0.39, 0.29) is 0 Å². The van der Waals surface area contributed by atoms with E-state index in [0.717, 1.165) is 12.6 Å². The summed E-state index contributed by atoms with van der Waals surface area (Å²) in [5, 5.41) is 8.45. The van der Waals surface area contributed by atoms with Gasteiger partial charge < -0.3 is 5.32 Å². The Morgan fingerprint density at radius 1 is 1.00 bits per heavy atom. The van der Waals surface area contributed by atoms with Crippen LogP contribution in [0.3, 0.4) is 0 Å². The summed E-state index contributed by atoms with van der Waals surface area (Å²) in [6, 6.07) is 3.59. The molecule has 0 unspecified atom stereocenters. The molecule has 106 valence electrons. The van der Waals surface area contributed by atoms with E-state index < -0.39 is 0 Å². The molecule has 2 saturated carbocycles. The van der Waals surface area contributed by atoms with Crippen molar-refractivity contribution in [2.75, 3.05) is 0 Å². The van der Waals surface area contributed by atoms with Gasteiger partial charge in [-0.25, -0.2) is 0 Å². The second-order valence-electron chi connectivity index (χ2n) is 6.29. The lowest BCUT2D eigenvalue weighted by molar-refractivity contribution is 0.326. The fraction of sp³-hybridized carbons (Fsp3) is 0.812. The molecule has 1 aromatic rings. The summed E-state index contributed by atoms with van der Waals surface area (Å²) in [7, 11) is 0. The van der Waals surface area contributed by atoms with E-state index in [1.165, 1.54) is 69.9 Å². The fourth-order valence-electron chi connectivity index (χ4n) is 3.58. The number of rotatable bonds is 4. The molecular weight excluding hydrogens is 234 g/mol. The monoisotopic (exact) mass is 261 g/mol. The molecule has 0 radical (unpaired) electrons. The quantitative estimate of drug-likeness (QED) is 0.893. The lowest BCUT2D eigenvalue weighted by atomic mass is 9.95. The van der Waals surface area contributed by atoms with Crippen molar-refractivity contribution in [2.45, 2.75) is 82.8 Å². The smallest absolute Gasteiger partial charge is 0.0762 e. The Balaban J connectivity index is 1.49. The van der Waals surface area contributed by atoms with E-state index in [0.29, 0.717) is 6.04 Å². The Hall–Kier alpha value is -0.830. The third-order valence-electron chi connectivity index (χ3n) is 4.79. The van der Waals surface area contributed by atoms with Gasteiger partial charge in [-0.3, -0.25) is 4.68 Å². The maximum absolute atomic E-state index is 4.77. The van der Waals surface area contributed by atoms with E-state index >= 15 is 0 Å². The van der Waals surface area contributed by atoms with E-state index in [4.69, 9.17) is 5.10 Å². The van der Waals surface area contributed by atoms with Crippen molar-refractivity contribution in [2.24, 2.45) is 0 Å². The normalized spacial score (nSPS) is 22.7. The molecule has 0 aliphatic heterocycles. The molecule has 0 amide bonds. The highest BCUT2D eigenvalue weighted by molar-refractivity contribution is 5.00. The van der Waals surface area contributed by atoms with Crippen molar-refractivity contribution < 1.29 is 0 Å². The first-order valence-electron chi connectivity index (χ1n) is 8.19. The first-order valence-corrected chi connectivity index (χ1v) is 8.19. The van der Waals surface area contributed by atoms with Crippen LogP contribution in [0.5, 0.6) is 0 Å². The average molecular weight is 261 g/mol. The van der Waals surface area contributed by atoms with Gasteiger partial charge in [-0.05, 0) is 31.7 Å². The Labute approximate surface area is 116 Å². The second kappa shape index (κ2) is 6.56. The third kappa shape index (κ3) is 3.59. The van der Waals surface area contributed by atoms with Gasteiger partial charge in [0.2, 0.25) is 0 Å². The van der Waals surface area contributed by atoms with E-state index in [1.54, 1.807) is 0 Å². The molecule has 2 fully saturated rings. The minimum absolute atomic E-state index is 0.664. The first-order chi connectivity index (χ1) is 9.42. The van der Waals surface area contributed by atoms with Crippen LogP contribution in [0.1, 0.15) is 75.9 Å². The molecule has 3 rings (SSSR count). The Morgan fingerprint density at radius 2 is 1.68 bits per heavy atom. The van der Waals surface area contributed by atoms with Crippen LogP contribution in [0.25, 0.3) is 0 Å². The van der Waals surface area contributed by atoms with Gasteiger partial charge in [0.15, 0.2) is 0 Å². The molecule has 19 heavy (non-hydrogen) atoms. The zero-order valence-corrected chi connectivity index (χ0v) is 12.0. The number of nitrogens with zero attached hydrogens (tertiary/aromatic N) is 2.